The van der Waals surface area contributed by atoms with Crippen LogP contribution in [0.3, 0.4) is 0 Å². The number of nitrogens with zero attached hydrogens (tertiary/aromatic N) is 1. The van der Waals surface area contributed by atoms with Crippen molar-refractivity contribution in [1.29, 1.82) is 0 Å². The molecule has 1 fully saturated rings. The number of thiocarbonyl (C=S) groups is 1. The molecule has 110 valence electrons. The van der Waals surface area contributed by atoms with Crippen molar-refractivity contribution in [1.82, 2.24) is 4.31 Å². The minimum absolute atomic E-state index is 0.273. The van der Waals surface area contributed by atoms with Crippen molar-refractivity contribution >= 4 is 27.2 Å². The molecule has 20 heavy (non-hydrogen) atoms. The maximum atomic E-state index is 12.6. The van der Waals surface area contributed by atoms with E-state index in [0.717, 1.165) is 6.42 Å². The van der Waals surface area contributed by atoms with E-state index in [0.29, 0.717) is 35.4 Å². The maximum Gasteiger partial charge on any atom is 0.243 e. The predicted octanol–water partition coefficient (Wildman–Crippen LogP) is 1.99. The van der Waals surface area contributed by atoms with Crippen LogP contribution in [0.25, 0.3) is 0 Å². The van der Waals surface area contributed by atoms with Gasteiger partial charge in [0.2, 0.25) is 10.0 Å². The first kappa shape index (κ1) is 15.4. The molecule has 2 rings (SSSR count). The Morgan fingerprint density at radius 3 is 2.35 bits per heavy atom. The van der Waals surface area contributed by atoms with E-state index in [1.165, 1.54) is 0 Å². The van der Waals surface area contributed by atoms with Gasteiger partial charge in [-0.3, -0.25) is 0 Å². The Kier molecular flexibility index (Phi) is 4.46. The van der Waals surface area contributed by atoms with Crippen molar-refractivity contribution in [3.8, 4) is 0 Å². The Balaban J connectivity index is 2.24. The van der Waals surface area contributed by atoms with Gasteiger partial charge in [0.25, 0.3) is 0 Å². The van der Waals surface area contributed by atoms with E-state index < -0.39 is 10.0 Å². The molecular formula is C14H20N2O2S2. The van der Waals surface area contributed by atoms with Gasteiger partial charge in [-0.2, -0.15) is 4.31 Å². The van der Waals surface area contributed by atoms with Gasteiger partial charge in [0.1, 0.15) is 4.99 Å². The summed E-state index contributed by atoms with van der Waals surface area (Å²) in [6.07, 6.45) is 0.908. The normalized spacial score (nSPS) is 24.5. The molecule has 2 atom stereocenters. The number of benzene rings is 1. The molecule has 0 aromatic heterocycles. The zero-order chi connectivity index (χ0) is 14.9. The van der Waals surface area contributed by atoms with Crippen LogP contribution in [-0.2, 0) is 10.0 Å². The van der Waals surface area contributed by atoms with Crippen LogP contribution in [0.15, 0.2) is 29.2 Å². The van der Waals surface area contributed by atoms with E-state index in [2.05, 4.69) is 13.8 Å². The minimum atomic E-state index is -3.41. The second kappa shape index (κ2) is 5.79. The number of sulfonamides is 1. The smallest absolute Gasteiger partial charge is 0.243 e. The second-order valence-electron chi connectivity index (χ2n) is 5.49. The molecule has 0 aliphatic carbocycles. The molecule has 2 unspecified atom stereocenters. The molecule has 0 amide bonds. The fourth-order valence-corrected chi connectivity index (χ4v) is 4.07. The average molecular weight is 312 g/mol. The van der Waals surface area contributed by atoms with Crippen molar-refractivity contribution < 1.29 is 8.42 Å². The van der Waals surface area contributed by atoms with Crippen molar-refractivity contribution in [2.75, 3.05) is 13.1 Å². The highest BCUT2D eigenvalue weighted by atomic mass is 32.2. The largest absolute Gasteiger partial charge is 0.389 e. The Morgan fingerprint density at radius 2 is 1.85 bits per heavy atom. The fourth-order valence-electron chi connectivity index (χ4n) is 2.38. The van der Waals surface area contributed by atoms with Gasteiger partial charge >= 0.3 is 0 Å². The lowest BCUT2D eigenvalue weighted by Gasteiger charge is -2.34. The van der Waals surface area contributed by atoms with E-state index in [9.17, 15) is 8.42 Å². The fraction of sp³-hybridized carbons (Fsp3) is 0.500. The van der Waals surface area contributed by atoms with Gasteiger partial charge in [0.05, 0.1) is 4.90 Å². The maximum absolute atomic E-state index is 12.6. The van der Waals surface area contributed by atoms with Gasteiger partial charge in [0, 0.05) is 18.7 Å². The Bertz CT molecular complexity index is 596. The first-order chi connectivity index (χ1) is 9.32. The summed E-state index contributed by atoms with van der Waals surface area (Å²) in [5.74, 6) is 0.952. The molecular weight excluding hydrogens is 292 g/mol. The molecule has 1 aliphatic heterocycles. The van der Waals surface area contributed by atoms with Crippen LogP contribution in [0.1, 0.15) is 25.8 Å². The van der Waals surface area contributed by atoms with Gasteiger partial charge in [-0.05, 0) is 30.4 Å². The number of rotatable bonds is 3. The topological polar surface area (TPSA) is 63.4 Å². The molecule has 1 saturated heterocycles. The second-order valence-corrected chi connectivity index (χ2v) is 7.87. The molecule has 1 heterocycles. The van der Waals surface area contributed by atoms with Gasteiger partial charge in [0.15, 0.2) is 0 Å². The molecule has 1 aliphatic rings. The van der Waals surface area contributed by atoms with Crippen molar-refractivity contribution in [2.24, 2.45) is 17.6 Å². The van der Waals surface area contributed by atoms with E-state index in [4.69, 9.17) is 18.0 Å². The third-order valence-corrected chi connectivity index (χ3v) is 6.19. The molecule has 0 saturated carbocycles. The lowest BCUT2D eigenvalue weighted by Crippen LogP contribution is -2.42. The quantitative estimate of drug-likeness (QED) is 0.867. The molecule has 0 spiro atoms. The molecule has 1 aromatic carbocycles. The molecule has 0 radical (unpaired) electrons. The van der Waals surface area contributed by atoms with Crippen LogP contribution in [0, 0.1) is 11.8 Å². The Morgan fingerprint density at radius 1 is 1.25 bits per heavy atom. The van der Waals surface area contributed by atoms with Crippen LogP contribution in [0.5, 0.6) is 0 Å². The third-order valence-electron chi connectivity index (χ3n) is 4.07. The predicted molar refractivity (Wildman–Crippen MR) is 84.0 cm³/mol. The molecule has 2 N–H and O–H groups in total. The van der Waals surface area contributed by atoms with Crippen LogP contribution in [0.2, 0.25) is 0 Å². The molecule has 6 heteroatoms. The summed E-state index contributed by atoms with van der Waals surface area (Å²) in [7, 11) is -3.41. The van der Waals surface area contributed by atoms with Crippen molar-refractivity contribution in [3.63, 3.8) is 0 Å². The Hall–Kier alpha value is -0.980. The monoisotopic (exact) mass is 312 g/mol. The number of nitrogens with two attached hydrogens (primary N) is 1. The van der Waals surface area contributed by atoms with Gasteiger partial charge in [-0.25, -0.2) is 8.42 Å². The minimum Gasteiger partial charge on any atom is -0.389 e. The lowest BCUT2D eigenvalue weighted by atomic mass is 9.90. The van der Waals surface area contributed by atoms with Crippen LogP contribution in [0.4, 0.5) is 0 Å². The van der Waals surface area contributed by atoms with Crippen LogP contribution >= 0.6 is 12.2 Å². The van der Waals surface area contributed by atoms with Crippen LogP contribution < -0.4 is 5.73 Å². The summed E-state index contributed by atoms with van der Waals surface area (Å²) in [5.41, 5.74) is 6.20. The summed E-state index contributed by atoms with van der Waals surface area (Å²) in [6, 6.07) is 6.47. The molecule has 4 nitrogen and oxygen atoms in total. The van der Waals surface area contributed by atoms with E-state index >= 15 is 0 Å². The average Bonchev–Trinajstić information content (AvgIpc) is 2.41. The van der Waals surface area contributed by atoms with Gasteiger partial charge in [-0.1, -0.05) is 38.2 Å². The first-order valence-electron chi connectivity index (χ1n) is 6.72. The highest BCUT2D eigenvalue weighted by Crippen LogP contribution is 2.27. The van der Waals surface area contributed by atoms with Crippen LogP contribution in [-0.4, -0.2) is 30.8 Å². The number of piperidine rings is 1. The number of hydrogen-bond acceptors (Lipinski definition) is 3. The van der Waals surface area contributed by atoms with E-state index in [1.807, 2.05) is 0 Å². The van der Waals surface area contributed by atoms with Crippen molar-refractivity contribution in [3.05, 3.63) is 29.8 Å². The summed E-state index contributed by atoms with van der Waals surface area (Å²) in [4.78, 5) is 0.577. The summed E-state index contributed by atoms with van der Waals surface area (Å²) >= 11 is 4.87. The molecule has 0 bridgehead atoms. The first-order valence-corrected chi connectivity index (χ1v) is 8.57. The molecule has 1 aromatic rings. The summed E-state index contributed by atoms with van der Waals surface area (Å²) < 4.78 is 26.7. The Labute approximate surface area is 126 Å². The van der Waals surface area contributed by atoms with E-state index in [-0.39, 0.29) is 4.99 Å². The zero-order valence-electron chi connectivity index (χ0n) is 11.7. The third kappa shape index (κ3) is 3.02. The SMILES string of the molecule is CC1CCN(S(=O)(=O)c2ccc(C(N)=S)cc2)CC1C. The van der Waals surface area contributed by atoms with E-state index in [1.54, 1.807) is 28.6 Å². The van der Waals surface area contributed by atoms with Gasteiger partial charge < -0.3 is 5.73 Å². The van der Waals surface area contributed by atoms with Gasteiger partial charge in [-0.15, -0.1) is 0 Å². The number of hydrogen-bond donors (Lipinski definition) is 1. The highest BCUT2D eigenvalue weighted by molar-refractivity contribution is 7.89. The standard InChI is InChI=1S/C14H20N2O2S2/c1-10-7-8-16(9-11(10)2)20(17,18)13-5-3-12(4-6-13)14(15)19/h3-6,10-11H,7-9H2,1-2H3,(H2,15,19). The lowest BCUT2D eigenvalue weighted by molar-refractivity contribution is 0.212. The summed E-state index contributed by atoms with van der Waals surface area (Å²) in [5, 5.41) is 0. The highest BCUT2D eigenvalue weighted by Gasteiger charge is 2.31. The van der Waals surface area contributed by atoms with Crippen molar-refractivity contribution in [2.45, 2.75) is 25.2 Å². The summed E-state index contributed by atoms with van der Waals surface area (Å²) in [6.45, 7) is 5.44. The zero-order valence-corrected chi connectivity index (χ0v) is 13.4.